The quantitative estimate of drug-likeness (QED) is 0.713. The Kier molecular flexibility index (Phi) is 6.21. The summed E-state index contributed by atoms with van der Waals surface area (Å²) < 4.78 is 34.4. The van der Waals surface area contributed by atoms with Gasteiger partial charge >= 0.3 is 0 Å². The van der Waals surface area contributed by atoms with Crippen LogP contribution < -0.4 is 0 Å². The summed E-state index contributed by atoms with van der Waals surface area (Å²) in [4.78, 5) is 0. The molecule has 7 heteroatoms. The van der Waals surface area contributed by atoms with Gasteiger partial charge in [-0.3, -0.25) is 0 Å². The molecule has 1 aliphatic carbocycles. The lowest BCUT2D eigenvalue weighted by molar-refractivity contribution is 0.171. The summed E-state index contributed by atoms with van der Waals surface area (Å²) in [6, 6.07) is 2.23. The lowest BCUT2D eigenvalue weighted by Gasteiger charge is -2.35. The third-order valence-electron chi connectivity index (χ3n) is 4.88. The van der Waals surface area contributed by atoms with Gasteiger partial charge < -0.3 is 4.74 Å². The maximum atomic E-state index is 13.1. The molecule has 126 valence electrons. The molecule has 0 N–H and O–H groups in total. The Bertz CT molecular complexity index is 503. The zero-order valence-electron chi connectivity index (χ0n) is 13.6. The first kappa shape index (κ1) is 17.7. The van der Waals surface area contributed by atoms with Crippen molar-refractivity contribution in [2.45, 2.75) is 57.5 Å². The van der Waals surface area contributed by atoms with Gasteiger partial charge in [-0.1, -0.05) is 12.8 Å². The van der Waals surface area contributed by atoms with Gasteiger partial charge in [-0.2, -0.15) is 22.3 Å². The van der Waals surface area contributed by atoms with Crippen molar-refractivity contribution in [3.05, 3.63) is 0 Å². The van der Waals surface area contributed by atoms with Gasteiger partial charge in [0.25, 0.3) is 10.2 Å². The van der Waals surface area contributed by atoms with E-state index in [1.54, 1.807) is 11.4 Å². The molecule has 2 aliphatic rings. The van der Waals surface area contributed by atoms with E-state index in [1.807, 2.05) is 13.0 Å². The number of methoxy groups -OCH3 is 1. The lowest BCUT2D eigenvalue weighted by atomic mass is 9.85. The van der Waals surface area contributed by atoms with Crippen molar-refractivity contribution in [2.24, 2.45) is 5.92 Å². The van der Waals surface area contributed by atoms with E-state index in [-0.39, 0.29) is 25.0 Å². The van der Waals surface area contributed by atoms with Crippen molar-refractivity contribution in [1.29, 1.82) is 5.26 Å². The highest BCUT2D eigenvalue weighted by molar-refractivity contribution is 7.86. The molecule has 0 aromatic carbocycles. The van der Waals surface area contributed by atoms with Crippen LogP contribution in [0.3, 0.4) is 0 Å². The molecule has 0 aromatic rings. The van der Waals surface area contributed by atoms with Crippen molar-refractivity contribution in [3.8, 4) is 6.07 Å². The monoisotopic (exact) mass is 329 g/mol. The molecule has 0 amide bonds. The molecule has 0 spiro atoms. The molecule has 22 heavy (non-hydrogen) atoms. The van der Waals surface area contributed by atoms with Crippen molar-refractivity contribution in [2.75, 3.05) is 26.8 Å². The molecule has 2 rings (SSSR count). The number of rotatable bonds is 7. The fourth-order valence-electron chi connectivity index (χ4n) is 3.91. The van der Waals surface area contributed by atoms with Crippen LogP contribution in [0, 0.1) is 17.2 Å². The minimum atomic E-state index is -3.53. The first-order valence-corrected chi connectivity index (χ1v) is 9.56. The largest absolute Gasteiger partial charge is 0.383 e. The SMILES string of the molecule is COCCN(CCC#N)S(=O)(=O)N1[C@H](C)C[C@H]2CCCC[C@H]21. The third-order valence-corrected chi connectivity index (χ3v) is 7.07. The Morgan fingerprint density at radius 3 is 2.73 bits per heavy atom. The first-order chi connectivity index (χ1) is 10.5. The number of nitrogens with zero attached hydrogens (tertiary/aromatic N) is 3. The van der Waals surface area contributed by atoms with Gasteiger partial charge in [-0.05, 0) is 32.1 Å². The molecule has 1 heterocycles. The second-order valence-electron chi connectivity index (χ2n) is 6.33. The number of fused-ring (bicyclic) bond motifs is 1. The van der Waals surface area contributed by atoms with Gasteiger partial charge in [-0.15, -0.1) is 0 Å². The molecule has 1 aliphatic heterocycles. The Morgan fingerprint density at radius 1 is 1.32 bits per heavy atom. The number of hydrogen-bond acceptors (Lipinski definition) is 4. The zero-order valence-corrected chi connectivity index (χ0v) is 14.4. The Morgan fingerprint density at radius 2 is 2.05 bits per heavy atom. The average molecular weight is 329 g/mol. The Hall–Kier alpha value is -0.680. The van der Waals surface area contributed by atoms with E-state index in [4.69, 9.17) is 10.00 Å². The predicted molar refractivity (Wildman–Crippen MR) is 84.3 cm³/mol. The number of ether oxygens (including phenoxy) is 1. The van der Waals surface area contributed by atoms with E-state index in [9.17, 15) is 8.42 Å². The molecule has 6 nitrogen and oxygen atoms in total. The van der Waals surface area contributed by atoms with E-state index in [1.165, 1.54) is 10.7 Å². The summed E-state index contributed by atoms with van der Waals surface area (Å²) in [5.74, 6) is 0.499. The molecular formula is C15H27N3O3S. The Balaban J connectivity index is 2.19. The maximum Gasteiger partial charge on any atom is 0.282 e. The zero-order chi connectivity index (χ0) is 16.2. The van der Waals surface area contributed by atoms with Crippen molar-refractivity contribution < 1.29 is 13.2 Å². The molecule has 1 saturated heterocycles. The molecule has 0 radical (unpaired) electrons. The first-order valence-electron chi connectivity index (χ1n) is 8.17. The van der Waals surface area contributed by atoms with Crippen LogP contribution in [0.1, 0.15) is 45.4 Å². The molecule has 2 fully saturated rings. The predicted octanol–water partition coefficient (Wildman–Crippen LogP) is 1.75. The van der Waals surface area contributed by atoms with Crippen LogP contribution in [0.4, 0.5) is 0 Å². The minimum absolute atomic E-state index is 0.0465. The van der Waals surface area contributed by atoms with Crippen molar-refractivity contribution in [3.63, 3.8) is 0 Å². The second-order valence-corrected chi connectivity index (χ2v) is 8.17. The minimum Gasteiger partial charge on any atom is -0.383 e. The summed E-state index contributed by atoms with van der Waals surface area (Å²) in [6.07, 6.45) is 5.58. The maximum absolute atomic E-state index is 13.1. The lowest BCUT2D eigenvalue weighted by Crippen LogP contribution is -2.50. The van der Waals surface area contributed by atoms with Crippen LogP contribution in [-0.4, -0.2) is 55.9 Å². The fourth-order valence-corrected chi connectivity index (χ4v) is 5.96. The molecule has 0 unspecified atom stereocenters. The van der Waals surface area contributed by atoms with Gasteiger partial charge in [0.15, 0.2) is 0 Å². The van der Waals surface area contributed by atoms with E-state index < -0.39 is 10.2 Å². The van der Waals surface area contributed by atoms with Crippen LogP contribution in [-0.2, 0) is 14.9 Å². The molecule has 1 saturated carbocycles. The van der Waals surface area contributed by atoms with E-state index in [0.717, 1.165) is 25.7 Å². The van der Waals surface area contributed by atoms with Gasteiger partial charge in [-0.25, -0.2) is 0 Å². The van der Waals surface area contributed by atoms with Crippen LogP contribution in [0.5, 0.6) is 0 Å². The summed E-state index contributed by atoms with van der Waals surface area (Å²) in [7, 11) is -1.97. The van der Waals surface area contributed by atoms with E-state index in [0.29, 0.717) is 19.1 Å². The van der Waals surface area contributed by atoms with Crippen LogP contribution in [0.2, 0.25) is 0 Å². The smallest absolute Gasteiger partial charge is 0.282 e. The van der Waals surface area contributed by atoms with Crippen LogP contribution >= 0.6 is 0 Å². The number of hydrogen-bond donors (Lipinski definition) is 0. The molecule has 0 aromatic heterocycles. The standard InChI is InChI=1S/C15H27N3O3S/c1-13-12-14-6-3-4-7-15(14)18(13)22(19,20)17(9-5-8-16)10-11-21-2/h13-15H,3-7,9-12H2,1-2H3/t13-,14-,15-/m1/s1. The highest BCUT2D eigenvalue weighted by atomic mass is 32.2. The second kappa shape index (κ2) is 7.73. The highest BCUT2D eigenvalue weighted by Gasteiger charge is 2.47. The average Bonchev–Trinajstić information content (AvgIpc) is 2.83. The van der Waals surface area contributed by atoms with Crippen molar-refractivity contribution >= 4 is 10.2 Å². The summed E-state index contributed by atoms with van der Waals surface area (Å²) >= 11 is 0. The third kappa shape index (κ3) is 3.62. The Labute approximate surface area is 134 Å². The van der Waals surface area contributed by atoms with E-state index >= 15 is 0 Å². The fraction of sp³-hybridized carbons (Fsp3) is 0.933. The van der Waals surface area contributed by atoms with Crippen LogP contribution in [0.25, 0.3) is 0 Å². The van der Waals surface area contributed by atoms with Gasteiger partial charge in [0.1, 0.15) is 0 Å². The highest BCUT2D eigenvalue weighted by Crippen LogP contribution is 2.41. The van der Waals surface area contributed by atoms with Crippen LogP contribution in [0.15, 0.2) is 0 Å². The molecule has 3 atom stereocenters. The number of nitriles is 1. The van der Waals surface area contributed by atoms with Gasteiger partial charge in [0, 0.05) is 38.7 Å². The normalized spacial score (nSPS) is 29.5. The van der Waals surface area contributed by atoms with Gasteiger partial charge in [0.05, 0.1) is 12.7 Å². The van der Waals surface area contributed by atoms with Crippen molar-refractivity contribution in [1.82, 2.24) is 8.61 Å². The van der Waals surface area contributed by atoms with Gasteiger partial charge in [0.2, 0.25) is 0 Å². The summed E-state index contributed by atoms with van der Waals surface area (Å²) in [5, 5.41) is 8.79. The molecule has 0 bridgehead atoms. The summed E-state index contributed by atoms with van der Waals surface area (Å²) in [5.41, 5.74) is 0. The summed E-state index contributed by atoms with van der Waals surface area (Å²) in [6.45, 7) is 2.90. The molecular weight excluding hydrogens is 302 g/mol. The topological polar surface area (TPSA) is 73.6 Å². The van der Waals surface area contributed by atoms with E-state index in [2.05, 4.69) is 0 Å².